The van der Waals surface area contributed by atoms with E-state index in [1.54, 1.807) is 23.2 Å². The maximum absolute atomic E-state index is 12.7. The van der Waals surface area contributed by atoms with Gasteiger partial charge in [0.25, 0.3) is 6.43 Å². The van der Waals surface area contributed by atoms with Gasteiger partial charge in [0.2, 0.25) is 0 Å². The Morgan fingerprint density at radius 1 is 1.53 bits per heavy atom. The molecule has 0 aromatic carbocycles. The second-order valence-electron chi connectivity index (χ2n) is 4.52. The van der Waals surface area contributed by atoms with E-state index in [2.05, 4.69) is 11.6 Å². The molecule has 2 heterocycles. The lowest BCUT2D eigenvalue weighted by Gasteiger charge is -2.26. The number of ether oxygens (including phenoxy) is 1. The third kappa shape index (κ3) is 4.14. The number of rotatable bonds is 5. The highest BCUT2D eigenvalue weighted by Crippen LogP contribution is 2.23. The first-order valence-corrected chi connectivity index (χ1v) is 6.35. The van der Waals surface area contributed by atoms with Gasteiger partial charge in [0.05, 0.1) is 18.3 Å². The van der Waals surface area contributed by atoms with Crippen molar-refractivity contribution in [2.75, 3.05) is 13.2 Å². The van der Waals surface area contributed by atoms with Gasteiger partial charge in [-0.15, -0.1) is 0 Å². The summed E-state index contributed by atoms with van der Waals surface area (Å²) in [4.78, 5) is 5.66. The molecule has 2 rings (SSSR count). The molecule has 1 fully saturated rings. The van der Waals surface area contributed by atoms with Crippen LogP contribution in [0.2, 0.25) is 5.15 Å². The van der Waals surface area contributed by atoms with E-state index in [1.807, 2.05) is 0 Å². The molecule has 0 saturated carbocycles. The molecule has 1 atom stereocenters. The normalized spacial score (nSPS) is 19.2. The van der Waals surface area contributed by atoms with Crippen LogP contribution in [0.25, 0.3) is 0 Å². The molecule has 104 valence electrons. The van der Waals surface area contributed by atoms with Crippen LogP contribution in [0.15, 0.2) is 30.7 Å². The highest BCUT2D eigenvalue weighted by atomic mass is 35.5. The van der Waals surface area contributed by atoms with Crippen molar-refractivity contribution in [2.45, 2.75) is 25.4 Å². The van der Waals surface area contributed by atoms with E-state index < -0.39 is 6.43 Å². The lowest BCUT2D eigenvalue weighted by atomic mass is 10.1. The SMILES string of the molecule is C=C1CC(N(Cc2ccc(Cl)nc2)CC(F)F)CO1. The largest absolute Gasteiger partial charge is 0.497 e. The molecule has 3 nitrogen and oxygen atoms in total. The van der Waals surface area contributed by atoms with Crippen molar-refractivity contribution >= 4 is 11.6 Å². The molecule has 1 unspecified atom stereocenters. The van der Waals surface area contributed by atoms with Gasteiger partial charge in [0.15, 0.2) is 0 Å². The van der Waals surface area contributed by atoms with Crippen LogP contribution in [0, 0.1) is 0 Å². The molecular weight excluding hydrogens is 274 g/mol. The molecular formula is C13H15ClF2N2O. The molecule has 6 heteroatoms. The maximum Gasteiger partial charge on any atom is 0.251 e. The van der Waals surface area contributed by atoms with Crippen molar-refractivity contribution in [3.63, 3.8) is 0 Å². The summed E-state index contributed by atoms with van der Waals surface area (Å²) in [5.74, 6) is 0.651. The average molecular weight is 289 g/mol. The minimum Gasteiger partial charge on any atom is -0.497 e. The Bertz CT molecular complexity index is 439. The van der Waals surface area contributed by atoms with Crippen molar-refractivity contribution < 1.29 is 13.5 Å². The lowest BCUT2D eigenvalue weighted by molar-refractivity contribution is 0.0564. The third-order valence-electron chi connectivity index (χ3n) is 3.01. The quantitative estimate of drug-likeness (QED) is 0.779. The Morgan fingerprint density at radius 3 is 2.84 bits per heavy atom. The van der Waals surface area contributed by atoms with Gasteiger partial charge in [0, 0.05) is 19.2 Å². The number of hydrogen-bond donors (Lipinski definition) is 0. The van der Waals surface area contributed by atoms with E-state index in [9.17, 15) is 8.78 Å². The summed E-state index contributed by atoms with van der Waals surface area (Å²) in [6.45, 7) is 4.24. The van der Waals surface area contributed by atoms with E-state index in [4.69, 9.17) is 16.3 Å². The fraction of sp³-hybridized carbons (Fsp3) is 0.462. The van der Waals surface area contributed by atoms with Crippen LogP contribution in [0.1, 0.15) is 12.0 Å². The predicted octanol–water partition coefficient (Wildman–Crippen LogP) is 3.10. The summed E-state index contributed by atoms with van der Waals surface area (Å²) >= 11 is 5.70. The summed E-state index contributed by atoms with van der Waals surface area (Å²) in [6.07, 6.45) is -0.187. The zero-order valence-corrected chi connectivity index (χ0v) is 11.1. The van der Waals surface area contributed by atoms with E-state index in [0.29, 0.717) is 30.5 Å². The summed E-state index contributed by atoms with van der Waals surface area (Å²) in [7, 11) is 0. The molecule has 1 saturated heterocycles. The number of hydrogen-bond acceptors (Lipinski definition) is 3. The highest BCUT2D eigenvalue weighted by molar-refractivity contribution is 6.29. The number of nitrogens with zero attached hydrogens (tertiary/aromatic N) is 2. The third-order valence-corrected chi connectivity index (χ3v) is 3.23. The lowest BCUT2D eigenvalue weighted by Crippen LogP contribution is -2.38. The molecule has 19 heavy (non-hydrogen) atoms. The standard InChI is InChI=1S/C13H15ClF2N2O/c1-9-4-11(8-19-9)18(7-13(15)16)6-10-2-3-12(14)17-5-10/h2-3,5,11,13H,1,4,6-8H2. The number of alkyl halides is 2. The van der Waals surface area contributed by atoms with Crippen LogP contribution in [-0.4, -0.2) is 35.5 Å². The van der Waals surface area contributed by atoms with Crippen LogP contribution in [0.3, 0.4) is 0 Å². The van der Waals surface area contributed by atoms with Gasteiger partial charge in [0.1, 0.15) is 11.8 Å². The van der Waals surface area contributed by atoms with E-state index in [1.165, 1.54) is 0 Å². The van der Waals surface area contributed by atoms with Gasteiger partial charge in [-0.3, -0.25) is 4.90 Å². The smallest absolute Gasteiger partial charge is 0.251 e. The molecule has 1 aromatic heterocycles. The van der Waals surface area contributed by atoms with Gasteiger partial charge in [-0.25, -0.2) is 13.8 Å². The maximum atomic E-state index is 12.7. The van der Waals surface area contributed by atoms with Gasteiger partial charge >= 0.3 is 0 Å². The van der Waals surface area contributed by atoms with Crippen LogP contribution in [0.4, 0.5) is 8.78 Å². The first-order chi connectivity index (χ1) is 9.04. The monoisotopic (exact) mass is 288 g/mol. The summed E-state index contributed by atoms with van der Waals surface area (Å²) in [6, 6.07) is 3.39. The Kier molecular flexibility index (Phi) is 4.71. The van der Waals surface area contributed by atoms with Crippen molar-refractivity contribution in [1.82, 2.24) is 9.88 Å². The van der Waals surface area contributed by atoms with Gasteiger partial charge in [-0.05, 0) is 11.6 Å². The molecule has 0 aliphatic carbocycles. The number of aromatic nitrogens is 1. The summed E-state index contributed by atoms with van der Waals surface area (Å²) < 4.78 is 30.6. The molecule has 1 aliphatic rings. The minimum atomic E-state index is -2.38. The topological polar surface area (TPSA) is 25.4 Å². The zero-order chi connectivity index (χ0) is 13.8. The highest BCUT2D eigenvalue weighted by Gasteiger charge is 2.28. The summed E-state index contributed by atoms with van der Waals surface area (Å²) in [5.41, 5.74) is 0.850. The Hall–Kier alpha value is -1.20. The second-order valence-corrected chi connectivity index (χ2v) is 4.90. The van der Waals surface area contributed by atoms with Crippen LogP contribution in [-0.2, 0) is 11.3 Å². The number of halogens is 3. The Morgan fingerprint density at radius 2 is 2.32 bits per heavy atom. The first kappa shape index (κ1) is 14.2. The zero-order valence-electron chi connectivity index (χ0n) is 10.4. The Balaban J connectivity index is 2.04. The predicted molar refractivity (Wildman–Crippen MR) is 69.2 cm³/mol. The fourth-order valence-corrected chi connectivity index (χ4v) is 2.20. The van der Waals surface area contributed by atoms with Crippen molar-refractivity contribution in [1.29, 1.82) is 0 Å². The number of pyridine rings is 1. The Labute approximate surface area is 115 Å². The van der Waals surface area contributed by atoms with E-state index in [0.717, 1.165) is 5.56 Å². The van der Waals surface area contributed by atoms with Crippen molar-refractivity contribution in [3.8, 4) is 0 Å². The van der Waals surface area contributed by atoms with Crippen LogP contribution >= 0.6 is 11.6 Å². The van der Waals surface area contributed by atoms with Gasteiger partial charge < -0.3 is 4.74 Å². The van der Waals surface area contributed by atoms with Crippen LogP contribution in [0.5, 0.6) is 0 Å². The van der Waals surface area contributed by atoms with Gasteiger partial charge in [-0.2, -0.15) is 0 Å². The summed E-state index contributed by atoms with van der Waals surface area (Å²) in [5, 5.41) is 0.390. The molecule has 0 N–H and O–H groups in total. The van der Waals surface area contributed by atoms with Crippen LogP contribution < -0.4 is 0 Å². The van der Waals surface area contributed by atoms with E-state index >= 15 is 0 Å². The molecule has 1 aliphatic heterocycles. The van der Waals surface area contributed by atoms with Gasteiger partial charge in [-0.1, -0.05) is 24.2 Å². The van der Waals surface area contributed by atoms with E-state index in [-0.39, 0.29) is 12.6 Å². The molecule has 0 radical (unpaired) electrons. The second kappa shape index (κ2) is 6.30. The van der Waals surface area contributed by atoms with Crippen molar-refractivity contribution in [3.05, 3.63) is 41.4 Å². The fourth-order valence-electron chi connectivity index (χ4n) is 2.08. The molecule has 0 bridgehead atoms. The molecule has 0 spiro atoms. The average Bonchev–Trinajstić information content (AvgIpc) is 2.77. The first-order valence-electron chi connectivity index (χ1n) is 5.98. The van der Waals surface area contributed by atoms with Crippen molar-refractivity contribution in [2.24, 2.45) is 0 Å². The minimum absolute atomic E-state index is 0.0582. The molecule has 1 aromatic rings. The molecule has 0 amide bonds.